The number of sulfonamides is 1. The Balaban J connectivity index is 1.05. The minimum Gasteiger partial charge on any atom is -0.369 e. The van der Waals surface area contributed by atoms with Crippen molar-refractivity contribution in [2.75, 3.05) is 48.5 Å². The van der Waals surface area contributed by atoms with Crippen LogP contribution in [0.3, 0.4) is 0 Å². The number of nitrogens with zero attached hydrogens (tertiary/aromatic N) is 3. The second kappa shape index (κ2) is 9.53. The van der Waals surface area contributed by atoms with Gasteiger partial charge in [-0.15, -0.1) is 0 Å². The molecule has 174 valence electrons. The molecule has 0 amide bonds. The predicted octanol–water partition coefficient (Wildman–Crippen LogP) is 5.38. The zero-order valence-corrected chi connectivity index (χ0v) is 20.4. The molecule has 0 radical (unpaired) electrons. The van der Waals surface area contributed by atoms with Crippen LogP contribution < -0.4 is 9.21 Å². The lowest BCUT2D eigenvalue weighted by Gasteiger charge is -2.36. The Morgan fingerprint density at radius 1 is 0.788 bits per heavy atom. The molecule has 0 saturated carbocycles. The number of piperazine rings is 1. The Morgan fingerprint density at radius 3 is 2.24 bits per heavy atom. The summed E-state index contributed by atoms with van der Waals surface area (Å²) in [6.45, 7) is 5.85. The zero-order valence-electron chi connectivity index (χ0n) is 18.8. The molecule has 1 saturated heterocycles. The number of anilines is 2. The second-order valence-corrected chi connectivity index (χ2v) is 11.2. The molecule has 2 heterocycles. The third-order valence-corrected chi connectivity index (χ3v) is 8.90. The van der Waals surface area contributed by atoms with Gasteiger partial charge < -0.3 is 4.90 Å². The summed E-state index contributed by atoms with van der Waals surface area (Å²) in [5.41, 5.74) is 2.04. The van der Waals surface area contributed by atoms with Crippen LogP contribution in [0.5, 0.6) is 0 Å². The van der Waals surface area contributed by atoms with Crippen molar-refractivity contribution in [3.63, 3.8) is 0 Å². The fourth-order valence-corrected chi connectivity index (χ4v) is 6.98. The molecule has 2 aliphatic rings. The first-order valence-electron chi connectivity index (χ1n) is 11.8. The maximum absolute atomic E-state index is 13.0. The van der Waals surface area contributed by atoms with Gasteiger partial charge in [-0.3, -0.25) is 9.21 Å². The van der Waals surface area contributed by atoms with Crippen molar-refractivity contribution in [1.29, 1.82) is 0 Å². The van der Waals surface area contributed by atoms with E-state index in [4.69, 9.17) is 11.6 Å². The average Bonchev–Trinajstić information content (AvgIpc) is 3.04. The molecule has 0 spiro atoms. The lowest BCUT2D eigenvalue weighted by atomic mass is 10.1. The van der Waals surface area contributed by atoms with Crippen molar-refractivity contribution < 1.29 is 8.42 Å². The first kappa shape index (κ1) is 22.5. The Labute approximate surface area is 201 Å². The maximum Gasteiger partial charge on any atom is 0.265 e. The quantitative estimate of drug-likeness (QED) is 0.403. The van der Waals surface area contributed by atoms with E-state index in [9.17, 15) is 8.42 Å². The van der Waals surface area contributed by atoms with Gasteiger partial charge in [0.05, 0.1) is 10.6 Å². The second-order valence-electron chi connectivity index (χ2n) is 8.93. The predicted molar refractivity (Wildman–Crippen MR) is 137 cm³/mol. The summed E-state index contributed by atoms with van der Waals surface area (Å²) in [4.78, 5) is 5.38. The third-order valence-electron chi connectivity index (χ3n) is 6.81. The molecule has 0 atom stereocenters. The number of hydrogen-bond donors (Lipinski definition) is 0. The molecule has 5 nitrogen and oxygen atoms in total. The van der Waals surface area contributed by atoms with Crippen molar-refractivity contribution in [2.45, 2.75) is 30.6 Å². The van der Waals surface area contributed by atoms with Crippen LogP contribution in [0.4, 0.5) is 11.4 Å². The van der Waals surface area contributed by atoms with E-state index < -0.39 is 10.0 Å². The molecule has 0 N–H and O–H groups in total. The zero-order chi connectivity index (χ0) is 22.8. The van der Waals surface area contributed by atoms with E-state index in [1.165, 1.54) is 5.69 Å². The summed E-state index contributed by atoms with van der Waals surface area (Å²) in [5.74, 6) is 0. The number of hydrogen-bond acceptors (Lipinski definition) is 4. The van der Waals surface area contributed by atoms with Crippen LogP contribution >= 0.6 is 11.6 Å². The van der Waals surface area contributed by atoms with E-state index in [1.807, 2.05) is 48.5 Å². The van der Waals surface area contributed by atoms with Gasteiger partial charge in [0.15, 0.2) is 0 Å². The number of rotatable bonds is 8. The van der Waals surface area contributed by atoms with E-state index in [-0.39, 0.29) is 0 Å². The average molecular weight is 484 g/mol. The summed E-state index contributed by atoms with van der Waals surface area (Å²) >= 11 is 6.13. The number of halogens is 1. The molecule has 3 aromatic carbocycles. The van der Waals surface area contributed by atoms with E-state index in [1.54, 1.807) is 10.4 Å². The minimum atomic E-state index is -3.43. The van der Waals surface area contributed by atoms with Crippen LogP contribution in [0.1, 0.15) is 25.7 Å². The van der Waals surface area contributed by atoms with Gasteiger partial charge in [0.2, 0.25) is 0 Å². The lowest BCUT2D eigenvalue weighted by Crippen LogP contribution is -2.46. The van der Waals surface area contributed by atoms with Gasteiger partial charge in [-0.1, -0.05) is 54.8 Å². The molecular weight excluding hydrogens is 454 g/mol. The van der Waals surface area contributed by atoms with Crippen molar-refractivity contribution in [3.8, 4) is 0 Å². The Kier molecular flexibility index (Phi) is 6.50. The Hall–Kier alpha value is -2.28. The standard InChI is InChI=1S/C26H30ClN3O2S/c27-22-10-7-11-23(20-22)29-18-16-28(17-19-29)14-3-1-2-4-15-30-24-12-5-8-21-9-6-13-25(26(21)24)33(30,31)32/h5-13,20H,1-4,14-19H2. The minimum absolute atomic E-state index is 0.451. The maximum atomic E-state index is 13.0. The first-order valence-corrected chi connectivity index (χ1v) is 13.6. The SMILES string of the molecule is O=S1(=O)c2cccc3cccc(c23)N1CCCCCCN1CCN(c2cccc(Cl)c2)CC1. The molecule has 0 bridgehead atoms. The first-order chi connectivity index (χ1) is 16.0. The third kappa shape index (κ3) is 4.57. The van der Waals surface area contributed by atoms with Gasteiger partial charge in [-0.2, -0.15) is 0 Å². The molecule has 2 aliphatic heterocycles. The normalized spacial score (nSPS) is 17.7. The Morgan fingerprint density at radius 2 is 1.48 bits per heavy atom. The van der Waals surface area contributed by atoms with E-state index >= 15 is 0 Å². The molecule has 0 unspecified atom stereocenters. The fourth-order valence-electron chi connectivity index (χ4n) is 5.05. The summed E-state index contributed by atoms with van der Waals surface area (Å²) in [6, 6.07) is 19.5. The van der Waals surface area contributed by atoms with Crippen LogP contribution in [-0.4, -0.2) is 52.6 Å². The number of benzene rings is 3. The molecule has 1 fully saturated rings. The van der Waals surface area contributed by atoms with Crippen molar-refractivity contribution >= 4 is 43.8 Å². The van der Waals surface area contributed by atoms with Gasteiger partial charge in [-0.05, 0) is 55.1 Å². The summed E-state index contributed by atoms with van der Waals surface area (Å²) in [7, 11) is -3.43. The van der Waals surface area contributed by atoms with E-state index in [0.717, 1.165) is 79.9 Å². The molecule has 0 aromatic heterocycles. The molecule has 3 aromatic rings. The molecule has 7 heteroatoms. The van der Waals surface area contributed by atoms with Gasteiger partial charge in [-0.25, -0.2) is 8.42 Å². The van der Waals surface area contributed by atoms with Crippen LogP contribution in [0.2, 0.25) is 5.02 Å². The highest BCUT2D eigenvalue weighted by Crippen LogP contribution is 2.42. The van der Waals surface area contributed by atoms with E-state index in [2.05, 4.69) is 15.9 Å². The van der Waals surface area contributed by atoms with Crippen LogP contribution in [0, 0.1) is 0 Å². The van der Waals surface area contributed by atoms with Gasteiger partial charge in [0.1, 0.15) is 0 Å². The van der Waals surface area contributed by atoms with Gasteiger partial charge in [0.25, 0.3) is 10.0 Å². The van der Waals surface area contributed by atoms with Crippen LogP contribution in [-0.2, 0) is 10.0 Å². The summed E-state index contributed by atoms with van der Waals surface area (Å²) in [5, 5.41) is 2.65. The smallest absolute Gasteiger partial charge is 0.265 e. The number of unbranched alkanes of at least 4 members (excludes halogenated alkanes) is 3. The van der Waals surface area contributed by atoms with Crippen molar-refractivity contribution in [3.05, 3.63) is 65.7 Å². The largest absolute Gasteiger partial charge is 0.369 e. The van der Waals surface area contributed by atoms with Gasteiger partial charge in [0, 0.05) is 48.8 Å². The van der Waals surface area contributed by atoms with Gasteiger partial charge >= 0.3 is 0 Å². The lowest BCUT2D eigenvalue weighted by molar-refractivity contribution is 0.252. The highest BCUT2D eigenvalue weighted by molar-refractivity contribution is 7.93. The summed E-state index contributed by atoms with van der Waals surface area (Å²) < 4.78 is 27.7. The highest BCUT2D eigenvalue weighted by Gasteiger charge is 2.34. The fraction of sp³-hybridized carbons (Fsp3) is 0.385. The molecular formula is C26H30ClN3O2S. The van der Waals surface area contributed by atoms with Crippen LogP contribution in [0.25, 0.3) is 10.8 Å². The van der Waals surface area contributed by atoms with E-state index in [0.29, 0.717) is 11.4 Å². The van der Waals surface area contributed by atoms with Crippen molar-refractivity contribution in [1.82, 2.24) is 4.90 Å². The van der Waals surface area contributed by atoms with Crippen molar-refractivity contribution in [2.24, 2.45) is 0 Å². The Bertz CT molecular complexity index is 1230. The molecule has 5 rings (SSSR count). The molecule has 33 heavy (non-hydrogen) atoms. The summed E-state index contributed by atoms with van der Waals surface area (Å²) in [6.07, 6.45) is 4.20. The monoisotopic (exact) mass is 483 g/mol. The van der Waals surface area contributed by atoms with Crippen LogP contribution in [0.15, 0.2) is 65.6 Å². The molecule has 0 aliphatic carbocycles. The topological polar surface area (TPSA) is 43.9 Å². The highest BCUT2D eigenvalue weighted by atomic mass is 35.5.